The van der Waals surface area contributed by atoms with Crippen LogP contribution in [0.5, 0.6) is 11.5 Å². The first-order valence-corrected chi connectivity index (χ1v) is 5.76. The molecule has 1 aromatic carbocycles. The summed E-state index contributed by atoms with van der Waals surface area (Å²) >= 11 is 0. The average Bonchev–Trinajstić information content (AvgIpc) is 2.87. The molecule has 0 saturated heterocycles. The molecule has 5 heteroatoms. The molecule has 1 N–H and O–H groups in total. The lowest BCUT2D eigenvalue weighted by atomic mass is 10.2. The third-order valence-corrected chi connectivity index (χ3v) is 2.69. The summed E-state index contributed by atoms with van der Waals surface area (Å²) in [7, 11) is 0. The van der Waals surface area contributed by atoms with Crippen LogP contribution in [0.1, 0.15) is 11.3 Å². The minimum Gasteiger partial charge on any atom is -0.454 e. The molecule has 2 aromatic rings. The van der Waals surface area contributed by atoms with E-state index in [4.69, 9.17) is 9.47 Å². The minimum absolute atomic E-state index is 0.311. The monoisotopic (exact) mass is 243 g/mol. The van der Waals surface area contributed by atoms with E-state index in [-0.39, 0.29) is 0 Å². The van der Waals surface area contributed by atoms with Crippen LogP contribution in [0.2, 0.25) is 0 Å². The molecule has 1 aromatic heterocycles. The van der Waals surface area contributed by atoms with Crippen LogP contribution >= 0.6 is 0 Å². The van der Waals surface area contributed by atoms with Crippen LogP contribution in [-0.4, -0.2) is 16.8 Å². The van der Waals surface area contributed by atoms with Crippen LogP contribution < -0.4 is 14.8 Å². The predicted molar refractivity (Wildman–Crippen MR) is 65.1 cm³/mol. The van der Waals surface area contributed by atoms with Gasteiger partial charge in [0.25, 0.3) is 0 Å². The van der Waals surface area contributed by atoms with E-state index in [0.29, 0.717) is 13.3 Å². The lowest BCUT2D eigenvalue weighted by Crippen LogP contribution is -2.13. The molecule has 0 spiro atoms. The summed E-state index contributed by atoms with van der Waals surface area (Å²) in [5, 5.41) is 3.31. The first-order valence-electron chi connectivity index (χ1n) is 5.76. The molecule has 0 radical (unpaired) electrons. The fourth-order valence-corrected chi connectivity index (χ4v) is 1.81. The van der Waals surface area contributed by atoms with Gasteiger partial charge in [0.05, 0.1) is 5.69 Å². The van der Waals surface area contributed by atoms with E-state index >= 15 is 0 Å². The van der Waals surface area contributed by atoms with Gasteiger partial charge >= 0.3 is 0 Å². The Morgan fingerprint density at radius 1 is 1.11 bits per heavy atom. The number of ether oxygens (including phenoxy) is 2. The van der Waals surface area contributed by atoms with E-state index in [2.05, 4.69) is 15.3 Å². The summed E-state index contributed by atoms with van der Waals surface area (Å²) < 4.78 is 10.6. The Bertz CT molecular complexity index is 531. The second-order valence-corrected chi connectivity index (χ2v) is 3.99. The minimum atomic E-state index is 0.311. The Hall–Kier alpha value is -2.14. The Morgan fingerprint density at radius 3 is 2.94 bits per heavy atom. The second-order valence-electron chi connectivity index (χ2n) is 3.99. The van der Waals surface area contributed by atoms with E-state index in [1.807, 2.05) is 18.2 Å². The van der Waals surface area contributed by atoms with Gasteiger partial charge in [-0.1, -0.05) is 6.07 Å². The van der Waals surface area contributed by atoms with E-state index in [0.717, 1.165) is 29.3 Å². The van der Waals surface area contributed by atoms with Crippen LogP contribution in [-0.2, 0) is 13.1 Å². The highest BCUT2D eigenvalue weighted by Gasteiger charge is 2.12. The largest absolute Gasteiger partial charge is 0.454 e. The molecule has 5 nitrogen and oxygen atoms in total. The van der Waals surface area contributed by atoms with Gasteiger partial charge in [-0.3, -0.25) is 9.97 Å². The smallest absolute Gasteiger partial charge is 0.231 e. The van der Waals surface area contributed by atoms with Crippen molar-refractivity contribution in [2.75, 3.05) is 6.79 Å². The van der Waals surface area contributed by atoms with Crippen molar-refractivity contribution in [3.63, 3.8) is 0 Å². The zero-order valence-corrected chi connectivity index (χ0v) is 9.80. The fraction of sp³-hybridized carbons (Fsp3) is 0.231. The van der Waals surface area contributed by atoms with Crippen LogP contribution in [0.25, 0.3) is 0 Å². The molecule has 0 bridgehead atoms. The van der Waals surface area contributed by atoms with Crippen LogP contribution in [0.15, 0.2) is 36.8 Å². The summed E-state index contributed by atoms with van der Waals surface area (Å²) in [6, 6.07) is 5.95. The lowest BCUT2D eigenvalue weighted by molar-refractivity contribution is 0.174. The topological polar surface area (TPSA) is 56.3 Å². The van der Waals surface area contributed by atoms with Gasteiger partial charge in [-0.25, -0.2) is 0 Å². The SMILES string of the molecule is c1cnc(CNCc2ccc3c(c2)OCO3)cn1. The Kier molecular flexibility index (Phi) is 3.06. The molecule has 0 amide bonds. The first-order chi connectivity index (χ1) is 8.92. The highest BCUT2D eigenvalue weighted by Crippen LogP contribution is 2.32. The predicted octanol–water partition coefficient (Wildman–Crippen LogP) is 1.50. The summed E-state index contributed by atoms with van der Waals surface area (Å²) in [5.74, 6) is 1.63. The maximum atomic E-state index is 5.33. The van der Waals surface area contributed by atoms with Gasteiger partial charge < -0.3 is 14.8 Å². The Morgan fingerprint density at radius 2 is 2.06 bits per heavy atom. The highest BCUT2D eigenvalue weighted by atomic mass is 16.7. The molecule has 0 fully saturated rings. The van der Waals surface area contributed by atoms with Gasteiger partial charge in [0.2, 0.25) is 6.79 Å². The number of fused-ring (bicyclic) bond motifs is 1. The number of benzene rings is 1. The average molecular weight is 243 g/mol. The molecule has 1 aliphatic heterocycles. The van der Waals surface area contributed by atoms with Crippen molar-refractivity contribution in [1.29, 1.82) is 0 Å². The van der Waals surface area contributed by atoms with Crippen molar-refractivity contribution in [3.8, 4) is 11.5 Å². The van der Waals surface area contributed by atoms with Crippen molar-refractivity contribution < 1.29 is 9.47 Å². The quantitative estimate of drug-likeness (QED) is 0.881. The molecule has 0 atom stereocenters. The third kappa shape index (κ3) is 2.41. The molecular formula is C13H13N3O2. The van der Waals surface area contributed by atoms with Crippen LogP contribution in [0.4, 0.5) is 0 Å². The highest BCUT2D eigenvalue weighted by molar-refractivity contribution is 5.44. The van der Waals surface area contributed by atoms with Gasteiger partial charge in [0.15, 0.2) is 11.5 Å². The van der Waals surface area contributed by atoms with Gasteiger partial charge in [-0.05, 0) is 17.7 Å². The van der Waals surface area contributed by atoms with Crippen molar-refractivity contribution in [3.05, 3.63) is 48.0 Å². The van der Waals surface area contributed by atoms with Gasteiger partial charge in [-0.15, -0.1) is 0 Å². The molecule has 0 aliphatic carbocycles. The molecule has 3 rings (SSSR count). The normalized spacial score (nSPS) is 12.7. The van der Waals surface area contributed by atoms with Crippen LogP contribution in [0.3, 0.4) is 0 Å². The second kappa shape index (κ2) is 5.01. The van der Waals surface area contributed by atoms with E-state index in [1.165, 1.54) is 0 Å². The maximum absolute atomic E-state index is 5.33. The van der Waals surface area contributed by atoms with Crippen molar-refractivity contribution >= 4 is 0 Å². The summed E-state index contributed by atoms with van der Waals surface area (Å²) in [6.45, 7) is 1.77. The number of aromatic nitrogens is 2. The van der Waals surface area contributed by atoms with E-state index in [1.54, 1.807) is 18.6 Å². The summed E-state index contributed by atoms with van der Waals surface area (Å²) in [4.78, 5) is 8.22. The van der Waals surface area contributed by atoms with E-state index in [9.17, 15) is 0 Å². The Balaban J connectivity index is 1.57. The zero-order chi connectivity index (χ0) is 12.2. The maximum Gasteiger partial charge on any atom is 0.231 e. The number of nitrogens with zero attached hydrogens (tertiary/aromatic N) is 2. The number of hydrogen-bond acceptors (Lipinski definition) is 5. The molecule has 1 aliphatic rings. The Labute approximate surface area is 105 Å². The van der Waals surface area contributed by atoms with Crippen molar-refractivity contribution in [1.82, 2.24) is 15.3 Å². The molecule has 2 heterocycles. The molecule has 18 heavy (non-hydrogen) atoms. The lowest BCUT2D eigenvalue weighted by Gasteiger charge is -2.05. The van der Waals surface area contributed by atoms with Gasteiger partial charge in [0, 0.05) is 31.7 Å². The fourth-order valence-electron chi connectivity index (χ4n) is 1.81. The van der Waals surface area contributed by atoms with Crippen LogP contribution in [0, 0.1) is 0 Å². The number of rotatable bonds is 4. The van der Waals surface area contributed by atoms with Crippen molar-refractivity contribution in [2.45, 2.75) is 13.1 Å². The summed E-state index contributed by atoms with van der Waals surface area (Å²) in [5.41, 5.74) is 2.08. The third-order valence-electron chi connectivity index (χ3n) is 2.69. The number of nitrogens with one attached hydrogen (secondary N) is 1. The first kappa shape index (κ1) is 11.0. The summed E-state index contributed by atoms with van der Waals surface area (Å²) in [6.07, 6.45) is 5.12. The number of hydrogen-bond donors (Lipinski definition) is 1. The molecule has 0 unspecified atom stereocenters. The standard InChI is InChI=1S/C13H13N3O2/c1-2-12-13(18-9-17-12)5-10(1)6-15-8-11-7-14-3-4-16-11/h1-5,7,15H,6,8-9H2. The molecule has 92 valence electrons. The van der Waals surface area contributed by atoms with Gasteiger partial charge in [-0.2, -0.15) is 0 Å². The molecule has 0 saturated carbocycles. The molecular weight excluding hydrogens is 230 g/mol. The van der Waals surface area contributed by atoms with Gasteiger partial charge in [0.1, 0.15) is 0 Å². The van der Waals surface area contributed by atoms with Crippen molar-refractivity contribution in [2.24, 2.45) is 0 Å². The zero-order valence-electron chi connectivity index (χ0n) is 9.80. The van der Waals surface area contributed by atoms with E-state index < -0.39 is 0 Å².